The molecule has 0 spiro atoms. The second-order valence-electron chi connectivity index (χ2n) is 7.72. The van der Waals surface area contributed by atoms with Crippen molar-refractivity contribution < 1.29 is 14.3 Å². The number of carbonyl (C=O) groups is 2. The Balaban J connectivity index is 1.52. The molecule has 3 heterocycles. The molecule has 4 rings (SSSR count). The van der Waals surface area contributed by atoms with E-state index in [4.69, 9.17) is 4.74 Å². The number of urea groups is 1. The number of benzene rings is 1. The van der Waals surface area contributed by atoms with Crippen molar-refractivity contribution in [1.82, 2.24) is 19.6 Å². The van der Waals surface area contributed by atoms with Crippen molar-refractivity contribution >= 4 is 17.6 Å². The number of rotatable bonds is 2. The molecule has 8 heteroatoms. The predicted octanol–water partition coefficient (Wildman–Crippen LogP) is 2.10. The second kappa shape index (κ2) is 7.87. The van der Waals surface area contributed by atoms with Crippen LogP contribution in [0.2, 0.25) is 0 Å². The van der Waals surface area contributed by atoms with Crippen LogP contribution in [0.3, 0.4) is 0 Å². The highest BCUT2D eigenvalue weighted by atomic mass is 16.5. The number of aromatic nitrogens is 2. The normalized spacial score (nSPS) is 16.5. The van der Waals surface area contributed by atoms with Crippen LogP contribution in [-0.2, 0) is 24.8 Å². The summed E-state index contributed by atoms with van der Waals surface area (Å²) in [4.78, 5) is 29.4. The lowest BCUT2D eigenvalue weighted by Crippen LogP contribution is -2.42. The summed E-state index contributed by atoms with van der Waals surface area (Å²) in [6, 6.07) is 5.80. The fourth-order valence-electron chi connectivity index (χ4n) is 4.00. The average Bonchev–Trinajstić information content (AvgIpc) is 3.06. The number of ether oxygens (including phenoxy) is 1. The van der Waals surface area contributed by atoms with Crippen molar-refractivity contribution in [1.29, 1.82) is 0 Å². The summed E-state index contributed by atoms with van der Waals surface area (Å²) < 4.78 is 7.13. The quantitative estimate of drug-likeness (QED) is 0.842. The van der Waals surface area contributed by atoms with Crippen LogP contribution < -0.4 is 5.32 Å². The molecule has 1 N–H and O–H groups in total. The molecule has 1 fully saturated rings. The Labute approximate surface area is 170 Å². The van der Waals surface area contributed by atoms with Crippen molar-refractivity contribution in [3.63, 3.8) is 0 Å². The van der Waals surface area contributed by atoms with Gasteiger partial charge in [0.2, 0.25) is 0 Å². The standard InChI is InChI=1S/C21H27N5O3/c1-14-4-5-17(15(2)12-14)22-21(28)26-7-6-18-16(13-26)19(23-24(18)3)20(27)25-8-10-29-11-9-25/h4-5,12H,6-11,13H2,1-3H3,(H,22,28). The first-order chi connectivity index (χ1) is 13.9. The summed E-state index contributed by atoms with van der Waals surface area (Å²) in [6.07, 6.45) is 0.676. The average molecular weight is 397 g/mol. The van der Waals surface area contributed by atoms with Gasteiger partial charge in [0.25, 0.3) is 5.91 Å². The summed E-state index contributed by atoms with van der Waals surface area (Å²) in [5.74, 6) is -0.0817. The van der Waals surface area contributed by atoms with Gasteiger partial charge >= 0.3 is 6.03 Å². The van der Waals surface area contributed by atoms with E-state index in [1.165, 1.54) is 0 Å². The number of nitrogens with one attached hydrogen (secondary N) is 1. The molecule has 2 aliphatic heterocycles. The third-order valence-corrected chi connectivity index (χ3v) is 5.65. The molecule has 0 aliphatic carbocycles. The van der Waals surface area contributed by atoms with Gasteiger partial charge in [-0.15, -0.1) is 0 Å². The third-order valence-electron chi connectivity index (χ3n) is 5.65. The predicted molar refractivity (Wildman–Crippen MR) is 109 cm³/mol. The smallest absolute Gasteiger partial charge is 0.322 e. The number of hydrogen-bond donors (Lipinski definition) is 1. The van der Waals surface area contributed by atoms with Crippen LogP contribution in [0.1, 0.15) is 32.9 Å². The van der Waals surface area contributed by atoms with Gasteiger partial charge < -0.3 is 19.9 Å². The topological polar surface area (TPSA) is 79.7 Å². The lowest BCUT2D eigenvalue weighted by atomic mass is 10.0. The van der Waals surface area contributed by atoms with Gasteiger partial charge in [-0.3, -0.25) is 9.48 Å². The van der Waals surface area contributed by atoms with Gasteiger partial charge in [-0.1, -0.05) is 17.7 Å². The maximum atomic E-state index is 13.0. The fraction of sp³-hybridized carbons (Fsp3) is 0.476. The summed E-state index contributed by atoms with van der Waals surface area (Å²) >= 11 is 0. The minimum Gasteiger partial charge on any atom is -0.378 e. The zero-order chi connectivity index (χ0) is 20.5. The molecule has 1 aromatic carbocycles. The minimum absolute atomic E-state index is 0.0817. The summed E-state index contributed by atoms with van der Waals surface area (Å²) in [7, 11) is 1.86. The Morgan fingerprint density at radius 2 is 1.86 bits per heavy atom. The molecule has 0 bridgehead atoms. The number of anilines is 1. The fourth-order valence-corrected chi connectivity index (χ4v) is 4.00. The maximum Gasteiger partial charge on any atom is 0.322 e. The number of hydrogen-bond acceptors (Lipinski definition) is 4. The van der Waals surface area contributed by atoms with Gasteiger partial charge in [0.15, 0.2) is 5.69 Å². The Kier molecular flexibility index (Phi) is 5.27. The van der Waals surface area contributed by atoms with E-state index >= 15 is 0 Å². The summed E-state index contributed by atoms with van der Waals surface area (Å²) in [6.45, 7) is 7.22. The largest absolute Gasteiger partial charge is 0.378 e. The Morgan fingerprint density at radius 1 is 1.10 bits per heavy atom. The van der Waals surface area contributed by atoms with Gasteiger partial charge in [-0.25, -0.2) is 4.79 Å². The first kappa shape index (κ1) is 19.4. The van der Waals surface area contributed by atoms with Gasteiger partial charge in [0, 0.05) is 50.0 Å². The van der Waals surface area contributed by atoms with Gasteiger partial charge in [0.1, 0.15) is 0 Å². The van der Waals surface area contributed by atoms with Gasteiger partial charge in [0.05, 0.1) is 19.8 Å². The van der Waals surface area contributed by atoms with Crippen LogP contribution in [0.15, 0.2) is 18.2 Å². The molecule has 0 atom stereocenters. The van der Waals surface area contributed by atoms with Crippen LogP contribution in [0, 0.1) is 13.8 Å². The number of morpholine rings is 1. The van der Waals surface area contributed by atoms with Crippen molar-refractivity contribution in [2.24, 2.45) is 7.05 Å². The summed E-state index contributed by atoms with van der Waals surface area (Å²) in [5.41, 5.74) is 5.32. The second-order valence-corrected chi connectivity index (χ2v) is 7.72. The van der Waals surface area contributed by atoms with Crippen molar-refractivity contribution in [2.45, 2.75) is 26.8 Å². The molecule has 29 heavy (non-hydrogen) atoms. The molecule has 1 aromatic heterocycles. The first-order valence-corrected chi connectivity index (χ1v) is 9.99. The van der Waals surface area contributed by atoms with Gasteiger partial charge in [-0.2, -0.15) is 5.10 Å². The monoisotopic (exact) mass is 397 g/mol. The SMILES string of the molecule is Cc1ccc(NC(=O)N2CCc3c(c(C(=O)N4CCOCC4)nn3C)C2)c(C)c1. The number of amides is 3. The highest BCUT2D eigenvalue weighted by molar-refractivity contribution is 5.95. The molecule has 8 nitrogen and oxygen atoms in total. The van der Waals surface area contributed by atoms with Crippen LogP contribution in [0.25, 0.3) is 0 Å². The van der Waals surface area contributed by atoms with Crippen LogP contribution in [0.4, 0.5) is 10.5 Å². The molecule has 154 valence electrons. The minimum atomic E-state index is -0.156. The van der Waals surface area contributed by atoms with E-state index in [9.17, 15) is 9.59 Å². The molecule has 3 amide bonds. The highest BCUT2D eigenvalue weighted by Gasteiger charge is 2.31. The Morgan fingerprint density at radius 3 is 2.59 bits per heavy atom. The van der Waals surface area contributed by atoms with E-state index in [1.807, 2.05) is 39.1 Å². The molecular formula is C21H27N5O3. The van der Waals surface area contributed by atoms with Crippen LogP contribution >= 0.6 is 0 Å². The van der Waals surface area contributed by atoms with Crippen molar-refractivity contribution in [3.05, 3.63) is 46.3 Å². The molecule has 0 saturated carbocycles. The zero-order valence-corrected chi connectivity index (χ0v) is 17.2. The number of nitrogens with zero attached hydrogens (tertiary/aromatic N) is 4. The van der Waals surface area contributed by atoms with Crippen molar-refractivity contribution in [2.75, 3.05) is 38.2 Å². The Bertz CT molecular complexity index is 946. The van der Waals surface area contributed by atoms with Crippen LogP contribution in [0.5, 0.6) is 0 Å². The van der Waals surface area contributed by atoms with Crippen LogP contribution in [-0.4, -0.2) is 64.4 Å². The zero-order valence-electron chi connectivity index (χ0n) is 17.2. The summed E-state index contributed by atoms with van der Waals surface area (Å²) in [5, 5.41) is 7.50. The lowest BCUT2D eigenvalue weighted by Gasteiger charge is -2.29. The van der Waals surface area contributed by atoms with Crippen molar-refractivity contribution in [3.8, 4) is 0 Å². The molecule has 0 unspecified atom stereocenters. The molecule has 0 radical (unpaired) electrons. The number of aryl methyl sites for hydroxylation is 3. The molecule has 1 saturated heterocycles. The Hall–Kier alpha value is -2.87. The number of fused-ring (bicyclic) bond motifs is 1. The van der Waals surface area contributed by atoms with Gasteiger partial charge in [-0.05, 0) is 25.5 Å². The first-order valence-electron chi connectivity index (χ1n) is 9.99. The van der Waals surface area contributed by atoms with E-state index in [0.717, 1.165) is 28.1 Å². The highest BCUT2D eigenvalue weighted by Crippen LogP contribution is 2.25. The van der Waals surface area contributed by atoms with E-state index in [1.54, 1.807) is 14.5 Å². The van der Waals surface area contributed by atoms with E-state index in [0.29, 0.717) is 51.5 Å². The molecule has 2 aromatic rings. The lowest BCUT2D eigenvalue weighted by molar-refractivity contribution is 0.0297. The number of carbonyl (C=O) groups excluding carboxylic acids is 2. The third kappa shape index (κ3) is 3.85. The maximum absolute atomic E-state index is 13.0. The van der Waals surface area contributed by atoms with E-state index in [-0.39, 0.29) is 11.9 Å². The van der Waals surface area contributed by atoms with E-state index < -0.39 is 0 Å². The molecule has 2 aliphatic rings. The van der Waals surface area contributed by atoms with E-state index in [2.05, 4.69) is 10.4 Å². The molecular weight excluding hydrogens is 370 g/mol.